The molecule has 0 atom stereocenters. The summed E-state index contributed by atoms with van der Waals surface area (Å²) in [6.07, 6.45) is -1.18. The number of nitrogens with one attached hydrogen (secondary N) is 1. The van der Waals surface area contributed by atoms with Gasteiger partial charge in [-0.15, -0.1) is 5.10 Å². The molecule has 0 aliphatic rings. The Labute approximate surface area is 151 Å². The summed E-state index contributed by atoms with van der Waals surface area (Å²) in [6.45, 7) is 1.84. The molecule has 4 aromatic rings. The van der Waals surface area contributed by atoms with E-state index in [2.05, 4.69) is 25.4 Å². The van der Waals surface area contributed by atoms with E-state index in [1.165, 1.54) is 16.6 Å². The van der Waals surface area contributed by atoms with E-state index in [1.807, 2.05) is 13.0 Å². The summed E-state index contributed by atoms with van der Waals surface area (Å²) in [7, 11) is 0. The molecule has 0 saturated heterocycles. The summed E-state index contributed by atoms with van der Waals surface area (Å²) in [6, 6.07) is 10.8. The fourth-order valence-corrected chi connectivity index (χ4v) is 2.60. The van der Waals surface area contributed by atoms with Crippen LogP contribution in [0.25, 0.3) is 17.0 Å². The first-order valence-corrected chi connectivity index (χ1v) is 8.00. The standard InChI is InChI=1S/C18H13F3N6/c1-11-12(6-3-9-22-11)24-17-14-7-4-10-27(14)26-16(25-17)13-5-2-8-15(23-13)18(19,20)21/h2-10H,1H3,(H,24,25,26). The summed E-state index contributed by atoms with van der Waals surface area (Å²) in [5.41, 5.74) is 1.22. The molecule has 1 N–H and O–H groups in total. The third-order valence-corrected chi connectivity index (χ3v) is 3.92. The van der Waals surface area contributed by atoms with Crippen molar-refractivity contribution in [3.8, 4) is 11.5 Å². The number of aromatic nitrogens is 5. The molecule has 4 heterocycles. The Morgan fingerprint density at radius 1 is 1.00 bits per heavy atom. The van der Waals surface area contributed by atoms with Gasteiger partial charge in [-0.25, -0.2) is 14.5 Å². The predicted octanol–water partition coefficient (Wildman–Crippen LogP) is 4.26. The molecule has 27 heavy (non-hydrogen) atoms. The highest BCUT2D eigenvalue weighted by Crippen LogP contribution is 2.29. The molecule has 0 radical (unpaired) electrons. The maximum absolute atomic E-state index is 13.0. The van der Waals surface area contributed by atoms with E-state index < -0.39 is 11.9 Å². The van der Waals surface area contributed by atoms with Gasteiger partial charge in [0.15, 0.2) is 5.82 Å². The van der Waals surface area contributed by atoms with Crippen LogP contribution in [-0.4, -0.2) is 24.6 Å². The number of nitrogens with zero attached hydrogens (tertiary/aromatic N) is 5. The molecule has 0 aromatic carbocycles. The van der Waals surface area contributed by atoms with Gasteiger partial charge in [-0.1, -0.05) is 6.07 Å². The van der Waals surface area contributed by atoms with Crippen LogP contribution in [0.2, 0.25) is 0 Å². The number of halogens is 3. The molecule has 0 aliphatic carbocycles. The topological polar surface area (TPSA) is 68.0 Å². The second kappa shape index (κ2) is 6.35. The number of alkyl halides is 3. The number of aryl methyl sites for hydroxylation is 1. The zero-order valence-electron chi connectivity index (χ0n) is 14.1. The predicted molar refractivity (Wildman–Crippen MR) is 93.5 cm³/mol. The molecule has 0 spiro atoms. The van der Waals surface area contributed by atoms with Crippen molar-refractivity contribution in [2.45, 2.75) is 13.1 Å². The van der Waals surface area contributed by atoms with Crippen LogP contribution in [0.3, 0.4) is 0 Å². The van der Waals surface area contributed by atoms with Gasteiger partial charge in [0.2, 0.25) is 5.82 Å². The van der Waals surface area contributed by atoms with Crippen LogP contribution in [-0.2, 0) is 6.18 Å². The van der Waals surface area contributed by atoms with E-state index in [-0.39, 0.29) is 11.5 Å². The Kier molecular flexibility index (Phi) is 3.98. The van der Waals surface area contributed by atoms with Gasteiger partial charge in [-0.3, -0.25) is 4.98 Å². The number of hydrogen-bond acceptors (Lipinski definition) is 5. The van der Waals surface area contributed by atoms with Crippen LogP contribution in [0.15, 0.2) is 54.9 Å². The first-order valence-electron chi connectivity index (χ1n) is 8.00. The molecule has 0 bridgehead atoms. The summed E-state index contributed by atoms with van der Waals surface area (Å²) in [5.74, 6) is 0.522. The van der Waals surface area contributed by atoms with Crippen LogP contribution in [0.1, 0.15) is 11.4 Å². The van der Waals surface area contributed by atoms with Gasteiger partial charge in [0.1, 0.15) is 16.9 Å². The fraction of sp³-hybridized carbons (Fsp3) is 0.111. The molecule has 0 fully saturated rings. The van der Waals surface area contributed by atoms with Crippen LogP contribution >= 0.6 is 0 Å². The SMILES string of the molecule is Cc1ncccc1Nc1nc(-c2cccc(C(F)(F)F)n2)nn2cccc12. The molecular weight excluding hydrogens is 357 g/mol. The lowest BCUT2D eigenvalue weighted by Crippen LogP contribution is -2.10. The van der Waals surface area contributed by atoms with Gasteiger partial charge >= 0.3 is 6.18 Å². The molecule has 0 unspecified atom stereocenters. The summed E-state index contributed by atoms with van der Waals surface area (Å²) in [4.78, 5) is 12.3. The number of rotatable bonds is 3. The molecule has 136 valence electrons. The van der Waals surface area contributed by atoms with E-state index in [4.69, 9.17) is 0 Å². The van der Waals surface area contributed by atoms with Crippen molar-refractivity contribution < 1.29 is 13.2 Å². The monoisotopic (exact) mass is 370 g/mol. The third-order valence-electron chi connectivity index (χ3n) is 3.92. The number of hydrogen-bond donors (Lipinski definition) is 1. The molecule has 4 rings (SSSR count). The number of anilines is 2. The smallest absolute Gasteiger partial charge is 0.337 e. The molecule has 0 aliphatic heterocycles. The van der Waals surface area contributed by atoms with Crippen molar-refractivity contribution in [1.82, 2.24) is 24.6 Å². The van der Waals surface area contributed by atoms with Gasteiger partial charge in [0, 0.05) is 12.4 Å². The highest BCUT2D eigenvalue weighted by atomic mass is 19.4. The Morgan fingerprint density at radius 3 is 2.63 bits per heavy atom. The van der Waals surface area contributed by atoms with E-state index >= 15 is 0 Å². The Hall–Kier alpha value is -3.49. The lowest BCUT2D eigenvalue weighted by molar-refractivity contribution is -0.141. The van der Waals surface area contributed by atoms with E-state index in [0.717, 1.165) is 17.4 Å². The average Bonchev–Trinajstić information content (AvgIpc) is 3.12. The highest BCUT2D eigenvalue weighted by molar-refractivity contribution is 5.75. The van der Waals surface area contributed by atoms with Crippen molar-refractivity contribution in [1.29, 1.82) is 0 Å². The number of pyridine rings is 2. The van der Waals surface area contributed by atoms with E-state index in [9.17, 15) is 13.2 Å². The molecule has 9 heteroatoms. The lowest BCUT2D eigenvalue weighted by atomic mass is 10.3. The van der Waals surface area contributed by atoms with Gasteiger partial charge < -0.3 is 5.32 Å². The van der Waals surface area contributed by atoms with Crippen molar-refractivity contribution in [2.24, 2.45) is 0 Å². The average molecular weight is 370 g/mol. The zero-order valence-corrected chi connectivity index (χ0v) is 14.1. The van der Waals surface area contributed by atoms with Crippen molar-refractivity contribution in [2.75, 3.05) is 5.32 Å². The van der Waals surface area contributed by atoms with Crippen LogP contribution in [0, 0.1) is 6.92 Å². The zero-order chi connectivity index (χ0) is 19.0. The summed E-state index contributed by atoms with van der Waals surface area (Å²) in [5, 5.41) is 7.45. The van der Waals surface area contributed by atoms with Gasteiger partial charge in [-0.2, -0.15) is 13.2 Å². The third kappa shape index (κ3) is 3.31. The second-order valence-electron chi connectivity index (χ2n) is 5.79. The van der Waals surface area contributed by atoms with Crippen LogP contribution in [0.5, 0.6) is 0 Å². The van der Waals surface area contributed by atoms with Crippen molar-refractivity contribution in [3.63, 3.8) is 0 Å². The first kappa shape index (κ1) is 17.0. The molecule has 0 amide bonds. The Balaban J connectivity index is 1.83. The van der Waals surface area contributed by atoms with Crippen LogP contribution in [0.4, 0.5) is 24.7 Å². The summed E-state index contributed by atoms with van der Waals surface area (Å²) < 4.78 is 40.5. The van der Waals surface area contributed by atoms with Gasteiger partial charge in [-0.05, 0) is 43.3 Å². The Morgan fingerprint density at radius 2 is 1.85 bits per heavy atom. The van der Waals surface area contributed by atoms with E-state index in [0.29, 0.717) is 11.3 Å². The normalized spacial score (nSPS) is 11.7. The molecular formula is C18H13F3N6. The quantitative estimate of drug-likeness (QED) is 0.584. The molecule has 0 saturated carbocycles. The lowest BCUT2D eigenvalue weighted by Gasteiger charge is -2.11. The molecule has 4 aromatic heterocycles. The number of fused-ring (bicyclic) bond motifs is 1. The summed E-state index contributed by atoms with van der Waals surface area (Å²) >= 11 is 0. The van der Waals surface area contributed by atoms with Gasteiger partial charge in [0.25, 0.3) is 0 Å². The maximum Gasteiger partial charge on any atom is 0.433 e. The fourth-order valence-electron chi connectivity index (χ4n) is 2.60. The highest BCUT2D eigenvalue weighted by Gasteiger charge is 2.32. The molecule has 6 nitrogen and oxygen atoms in total. The minimum atomic E-state index is -4.54. The van der Waals surface area contributed by atoms with Crippen LogP contribution < -0.4 is 5.32 Å². The second-order valence-corrected chi connectivity index (χ2v) is 5.79. The van der Waals surface area contributed by atoms with Crippen molar-refractivity contribution >= 4 is 17.0 Å². The minimum absolute atomic E-state index is 0.0337. The first-order chi connectivity index (χ1) is 12.9. The van der Waals surface area contributed by atoms with Crippen molar-refractivity contribution in [3.05, 3.63) is 66.2 Å². The largest absolute Gasteiger partial charge is 0.433 e. The van der Waals surface area contributed by atoms with Gasteiger partial charge in [0.05, 0.1) is 11.4 Å². The minimum Gasteiger partial charge on any atom is -0.337 e. The Bertz CT molecular complexity index is 1120. The maximum atomic E-state index is 13.0. The van der Waals surface area contributed by atoms with E-state index in [1.54, 1.807) is 30.6 Å².